The van der Waals surface area contributed by atoms with E-state index in [9.17, 15) is 20.1 Å². The number of nitriles is 2. The van der Waals surface area contributed by atoms with Crippen LogP contribution in [0.15, 0.2) is 83.2 Å². The van der Waals surface area contributed by atoms with Crippen LogP contribution >= 0.6 is 34.0 Å². The minimum Gasteiger partial charge on any atom is -0.479 e. The molecule has 0 saturated heterocycles. The van der Waals surface area contributed by atoms with E-state index in [-0.39, 0.29) is 23.0 Å². The first-order valence-electron chi connectivity index (χ1n) is 16.6. The molecule has 4 aliphatic rings. The highest BCUT2D eigenvalue weighted by Crippen LogP contribution is 2.60. The van der Waals surface area contributed by atoms with Crippen LogP contribution in [0.25, 0.3) is 52.1 Å². The van der Waals surface area contributed by atoms with Crippen LogP contribution in [0.4, 0.5) is 0 Å². The lowest BCUT2D eigenvalue weighted by atomic mass is 9.78. The number of allylic oxidation sites excluding steroid dienone is 6. The van der Waals surface area contributed by atoms with Gasteiger partial charge in [-0.25, -0.2) is 20.2 Å². The van der Waals surface area contributed by atoms with Crippen molar-refractivity contribution in [3.63, 3.8) is 0 Å². The SMILES string of the molecule is [C-]#[N+]C(C#N)=C1/C(=C/c2cc3c(s2)-c2sc4cc(/C=C5\C(=O)c6ccccc6\C5=C(\C#N)[N+]#[C-])sc4c2OC32CCCCC2)C(=O)c2ccccc21. The summed E-state index contributed by atoms with van der Waals surface area (Å²) < 4.78 is 9.10. The van der Waals surface area contributed by atoms with Gasteiger partial charge in [-0.3, -0.25) is 9.59 Å². The Balaban J connectivity index is 1.18. The molecule has 2 aromatic carbocycles. The van der Waals surface area contributed by atoms with Gasteiger partial charge in [-0.2, -0.15) is 0 Å². The highest BCUT2D eigenvalue weighted by Gasteiger charge is 2.45. The van der Waals surface area contributed by atoms with Crippen LogP contribution in [0, 0.1) is 35.8 Å². The van der Waals surface area contributed by atoms with E-state index >= 15 is 0 Å². The van der Waals surface area contributed by atoms with Crippen LogP contribution in [0.2, 0.25) is 0 Å². The van der Waals surface area contributed by atoms with Crippen molar-refractivity contribution in [2.45, 2.75) is 37.7 Å². The van der Waals surface area contributed by atoms with Crippen LogP contribution in [0.1, 0.15) is 79.3 Å². The van der Waals surface area contributed by atoms with Crippen molar-refractivity contribution in [3.05, 3.63) is 144 Å². The summed E-state index contributed by atoms with van der Waals surface area (Å²) in [4.78, 5) is 38.0. The normalized spacial score (nSPS) is 20.0. The van der Waals surface area contributed by atoms with E-state index in [0.717, 1.165) is 72.3 Å². The molecule has 3 aliphatic carbocycles. The number of Topliss-reactive ketones (excluding diaryl/α,β-unsaturated/α-hetero) is 2. The number of ketones is 2. The Hall–Kier alpha value is -6.14. The number of benzene rings is 2. The fourth-order valence-corrected chi connectivity index (χ4v) is 11.7. The smallest absolute Gasteiger partial charge is 0.270 e. The van der Waals surface area contributed by atoms with E-state index < -0.39 is 5.60 Å². The van der Waals surface area contributed by atoms with Gasteiger partial charge in [-0.05, 0) is 61.1 Å². The van der Waals surface area contributed by atoms with Crippen LogP contribution in [-0.4, -0.2) is 11.6 Å². The summed E-state index contributed by atoms with van der Waals surface area (Å²) in [5, 5.41) is 19.6. The molecule has 3 aromatic heterocycles. The maximum atomic E-state index is 13.7. The third-order valence-corrected chi connectivity index (χ3v) is 13.7. The largest absolute Gasteiger partial charge is 0.479 e. The Bertz CT molecular complexity index is 2750. The third-order valence-electron chi connectivity index (χ3n) is 10.1. The van der Waals surface area contributed by atoms with E-state index in [0.29, 0.717) is 44.5 Å². The Morgan fingerprint density at radius 2 is 1.27 bits per heavy atom. The van der Waals surface area contributed by atoms with Crippen molar-refractivity contribution in [2.75, 3.05) is 0 Å². The van der Waals surface area contributed by atoms with Gasteiger partial charge in [0.1, 0.15) is 5.60 Å². The minimum atomic E-state index is -0.531. The van der Waals surface area contributed by atoms with Gasteiger partial charge in [0, 0.05) is 48.7 Å². The molecular weight excluding hydrogens is 705 g/mol. The van der Waals surface area contributed by atoms with Gasteiger partial charge in [0.15, 0.2) is 17.3 Å². The van der Waals surface area contributed by atoms with Gasteiger partial charge < -0.3 is 4.74 Å². The van der Waals surface area contributed by atoms with Gasteiger partial charge in [0.25, 0.3) is 11.4 Å². The quantitative estimate of drug-likeness (QED) is 0.102. The molecular formula is C42H22N4O3S3. The fraction of sp³-hybridized carbons (Fsp3) is 0.143. The number of nitrogens with zero attached hydrogens (tertiary/aromatic N) is 4. The van der Waals surface area contributed by atoms with Crippen molar-refractivity contribution >= 4 is 78.3 Å². The molecule has 5 aromatic rings. The Kier molecular flexibility index (Phi) is 7.33. The molecule has 0 N–H and O–H groups in total. The van der Waals surface area contributed by atoms with Gasteiger partial charge in [-0.1, -0.05) is 55.0 Å². The maximum absolute atomic E-state index is 13.7. The lowest BCUT2D eigenvalue weighted by molar-refractivity contribution is 0.0267. The predicted molar refractivity (Wildman–Crippen MR) is 204 cm³/mol. The minimum absolute atomic E-state index is 0.103. The van der Waals surface area contributed by atoms with Crippen LogP contribution in [0.5, 0.6) is 5.75 Å². The molecule has 9 rings (SSSR count). The number of carbonyl (C=O) groups is 2. The monoisotopic (exact) mass is 726 g/mol. The molecule has 4 heterocycles. The third kappa shape index (κ3) is 4.56. The van der Waals surface area contributed by atoms with E-state index in [2.05, 4.69) is 15.8 Å². The highest BCUT2D eigenvalue weighted by atomic mass is 32.1. The molecule has 1 aliphatic heterocycles. The van der Waals surface area contributed by atoms with Crippen molar-refractivity contribution < 1.29 is 14.3 Å². The molecule has 246 valence electrons. The topological polar surface area (TPSA) is 99.7 Å². The molecule has 0 unspecified atom stereocenters. The first-order valence-corrected chi connectivity index (χ1v) is 19.0. The second-order valence-corrected chi connectivity index (χ2v) is 16.1. The molecule has 10 heteroatoms. The number of hydrogen-bond donors (Lipinski definition) is 0. The van der Waals surface area contributed by atoms with Gasteiger partial charge in [-0.15, -0.1) is 34.0 Å². The van der Waals surface area contributed by atoms with Crippen molar-refractivity contribution in [1.29, 1.82) is 10.5 Å². The Labute approximate surface area is 310 Å². The van der Waals surface area contributed by atoms with Crippen molar-refractivity contribution in [3.8, 4) is 27.6 Å². The second-order valence-electron chi connectivity index (χ2n) is 12.9. The fourth-order valence-electron chi connectivity index (χ4n) is 7.88. The van der Waals surface area contributed by atoms with E-state index in [4.69, 9.17) is 17.9 Å². The summed E-state index contributed by atoms with van der Waals surface area (Å²) in [7, 11) is 0. The summed E-state index contributed by atoms with van der Waals surface area (Å²) in [6, 6.07) is 22.4. The number of fused-ring (bicyclic) bond motifs is 8. The molecule has 0 amide bonds. The lowest BCUT2D eigenvalue weighted by Crippen LogP contribution is -2.37. The zero-order valence-electron chi connectivity index (χ0n) is 27.2. The number of hydrogen-bond acceptors (Lipinski definition) is 8. The molecule has 7 nitrogen and oxygen atoms in total. The molecule has 52 heavy (non-hydrogen) atoms. The zero-order chi connectivity index (χ0) is 35.7. The summed E-state index contributed by atoms with van der Waals surface area (Å²) >= 11 is 4.74. The number of thiophene rings is 3. The summed E-state index contributed by atoms with van der Waals surface area (Å²) in [5.74, 6) is 0.421. The number of carbonyl (C=O) groups excluding carboxylic acids is 2. The zero-order valence-corrected chi connectivity index (χ0v) is 29.7. The second kappa shape index (κ2) is 12.0. The van der Waals surface area contributed by atoms with Gasteiger partial charge in [0.2, 0.25) is 0 Å². The summed E-state index contributed by atoms with van der Waals surface area (Å²) in [6.07, 6.45) is 8.50. The van der Waals surface area contributed by atoms with Crippen LogP contribution in [0.3, 0.4) is 0 Å². The molecule has 1 fully saturated rings. The standard InChI is InChI=1S/C42H22N4O3S3/c1-45-31(20-43)34-24-10-4-6-12-26(24)36(47)28(34)16-22-18-30-39(50-22)41-38(49-42(30)14-8-3-9-15-42)40-33(52-41)19-23(51-40)17-29-35(32(21-44)46-2)25-11-5-7-13-27(25)37(29)48/h4-7,10-13,16-19H,3,8-9,14-15H2/b28-16-,29-17-,34-31?,35-32+. The number of rotatable bonds is 2. The first-order chi connectivity index (χ1) is 25.4. The van der Waals surface area contributed by atoms with Crippen LogP contribution in [-0.2, 0) is 5.60 Å². The molecule has 1 spiro atoms. The molecule has 0 bridgehead atoms. The first kappa shape index (κ1) is 31.8. The molecule has 0 radical (unpaired) electrons. The summed E-state index contributed by atoms with van der Waals surface area (Å²) in [6.45, 7) is 15.3. The van der Waals surface area contributed by atoms with Crippen LogP contribution < -0.4 is 4.74 Å². The number of ether oxygens (including phenoxy) is 1. The average molecular weight is 727 g/mol. The van der Waals surface area contributed by atoms with Gasteiger partial charge in [0.05, 0.1) is 44.4 Å². The van der Waals surface area contributed by atoms with E-state index in [1.54, 1.807) is 71.2 Å². The Morgan fingerprint density at radius 1 is 0.731 bits per heavy atom. The van der Waals surface area contributed by atoms with Gasteiger partial charge >= 0.3 is 0 Å². The molecule has 1 saturated carbocycles. The van der Waals surface area contributed by atoms with E-state index in [1.807, 2.05) is 30.3 Å². The Morgan fingerprint density at radius 3 is 1.81 bits per heavy atom. The predicted octanol–water partition coefficient (Wildman–Crippen LogP) is 11.1. The maximum Gasteiger partial charge on any atom is 0.270 e. The summed E-state index contributed by atoms with van der Waals surface area (Å²) in [5.41, 5.74) is 4.00. The average Bonchev–Trinajstić information content (AvgIpc) is 3.97. The highest BCUT2D eigenvalue weighted by molar-refractivity contribution is 7.32. The van der Waals surface area contributed by atoms with Crippen molar-refractivity contribution in [2.24, 2.45) is 0 Å². The van der Waals surface area contributed by atoms with Crippen molar-refractivity contribution in [1.82, 2.24) is 0 Å². The molecule has 0 atom stereocenters. The lowest BCUT2D eigenvalue weighted by Gasteiger charge is -2.40. The van der Waals surface area contributed by atoms with E-state index in [1.165, 1.54) is 11.3 Å².